The molecule has 0 saturated carbocycles. The Balaban J connectivity index is 2.57. The number of para-hydroxylation sites is 1. The Labute approximate surface area is 70.6 Å². The summed E-state index contributed by atoms with van der Waals surface area (Å²) >= 11 is 0. The molecule has 0 aliphatic carbocycles. The maximum atomic E-state index is 5.49. The number of nitrogens with two attached hydrogens (primary N) is 1. The van der Waals surface area contributed by atoms with Crippen LogP contribution in [0, 0.1) is 0 Å². The van der Waals surface area contributed by atoms with Crippen LogP contribution in [-0.4, -0.2) is 16.5 Å². The standard InChI is InChI=1S/C9H11N3/c10-5-4-7-2-1-3-8-9(7)12-6-11-8/h1-3,6H,4-5,10H2,(H,11,12). The van der Waals surface area contributed by atoms with Gasteiger partial charge in [-0.25, -0.2) is 4.98 Å². The number of hydrogen-bond acceptors (Lipinski definition) is 2. The Hall–Kier alpha value is -1.35. The maximum absolute atomic E-state index is 5.49. The van der Waals surface area contributed by atoms with Crippen LogP contribution >= 0.6 is 0 Å². The van der Waals surface area contributed by atoms with Crippen molar-refractivity contribution in [3.63, 3.8) is 0 Å². The molecule has 0 radical (unpaired) electrons. The van der Waals surface area contributed by atoms with Crippen molar-refractivity contribution in [2.24, 2.45) is 5.73 Å². The van der Waals surface area contributed by atoms with Crippen molar-refractivity contribution in [3.05, 3.63) is 30.1 Å². The number of nitrogens with one attached hydrogen (secondary N) is 1. The predicted molar refractivity (Wildman–Crippen MR) is 48.9 cm³/mol. The van der Waals surface area contributed by atoms with Crippen molar-refractivity contribution in [1.82, 2.24) is 9.97 Å². The van der Waals surface area contributed by atoms with Gasteiger partial charge in [-0.05, 0) is 24.6 Å². The predicted octanol–water partition coefficient (Wildman–Crippen LogP) is 1.06. The Morgan fingerprint density at radius 2 is 2.33 bits per heavy atom. The van der Waals surface area contributed by atoms with E-state index in [2.05, 4.69) is 16.0 Å². The summed E-state index contributed by atoms with van der Waals surface area (Å²) in [6.07, 6.45) is 2.62. The van der Waals surface area contributed by atoms with Crippen LogP contribution in [-0.2, 0) is 6.42 Å². The third-order valence-corrected chi connectivity index (χ3v) is 1.95. The van der Waals surface area contributed by atoms with Crippen molar-refractivity contribution in [2.45, 2.75) is 6.42 Å². The number of nitrogens with zero attached hydrogens (tertiary/aromatic N) is 1. The monoisotopic (exact) mass is 161 g/mol. The van der Waals surface area contributed by atoms with Crippen LogP contribution in [0.4, 0.5) is 0 Å². The minimum atomic E-state index is 0.679. The van der Waals surface area contributed by atoms with Gasteiger partial charge in [0.2, 0.25) is 0 Å². The summed E-state index contributed by atoms with van der Waals surface area (Å²) in [6, 6.07) is 6.08. The molecule has 0 spiro atoms. The molecule has 3 heteroatoms. The zero-order valence-corrected chi connectivity index (χ0v) is 6.75. The van der Waals surface area contributed by atoms with Gasteiger partial charge in [-0.1, -0.05) is 12.1 Å². The first-order chi connectivity index (χ1) is 5.92. The van der Waals surface area contributed by atoms with Crippen molar-refractivity contribution in [2.75, 3.05) is 6.54 Å². The average Bonchev–Trinajstić information content (AvgIpc) is 2.53. The molecule has 3 N–H and O–H groups in total. The Morgan fingerprint density at radius 3 is 3.17 bits per heavy atom. The molecule has 0 bridgehead atoms. The third kappa shape index (κ3) is 1.08. The lowest BCUT2D eigenvalue weighted by atomic mass is 10.1. The molecule has 0 saturated heterocycles. The number of H-pyrrole nitrogens is 1. The molecule has 2 rings (SSSR count). The number of rotatable bonds is 2. The smallest absolute Gasteiger partial charge is 0.0931 e. The van der Waals surface area contributed by atoms with Gasteiger partial charge >= 0.3 is 0 Å². The van der Waals surface area contributed by atoms with E-state index in [0.717, 1.165) is 17.5 Å². The van der Waals surface area contributed by atoms with Crippen LogP contribution in [0.3, 0.4) is 0 Å². The molecule has 3 nitrogen and oxygen atoms in total. The molecule has 0 unspecified atom stereocenters. The largest absolute Gasteiger partial charge is 0.344 e. The summed E-state index contributed by atoms with van der Waals surface area (Å²) in [4.78, 5) is 7.27. The van der Waals surface area contributed by atoms with E-state index in [-0.39, 0.29) is 0 Å². The van der Waals surface area contributed by atoms with E-state index in [4.69, 9.17) is 5.73 Å². The summed E-state index contributed by atoms with van der Waals surface area (Å²) in [7, 11) is 0. The molecule has 12 heavy (non-hydrogen) atoms. The van der Waals surface area contributed by atoms with Gasteiger partial charge in [-0.2, -0.15) is 0 Å². The maximum Gasteiger partial charge on any atom is 0.0931 e. The zero-order chi connectivity index (χ0) is 8.39. The third-order valence-electron chi connectivity index (χ3n) is 1.95. The second-order valence-electron chi connectivity index (χ2n) is 2.75. The SMILES string of the molecule is NCCc1cccc2nc[nH]c12. The minimum Gasteiger partial charge on any atom is -0.344 e. The Bertz CT molecular complexity index is 378. The summed E-state index contributed by atoms with van der Waals surface area (Å²) in [5, 5.41) is 0. The van der Waals surface area contributed by atoms with Gasteiger partial charge in [0.25, 0.3) is 0 Å². The van der Waals surface area contributed by atoms with Crippen molar-refractivity contribution in [1.29, 1.82) is 0 Å². The summed E-state index contributed by atoms with van der Waals surface area (Å²) in [5.41, 5.74) is 8.86. The molecule has 62 valence electrons. The van der Waals surface area contributed by atoms with E-state index in [1.807, 2.05) is 12.1 Å². The molecular weight excluding hydrogens is 150 g/mol. The molecule has 1 aromatic heterocycles. The second kappa shape index (κ2) is 2.95. The van der Waals surface area contributed by atoms with Gasteiger partial charge in [0, 0.05) is 0 Å². The molecule has 0 fully saturated rings. The molecule has 2 aromatic rings. The number of benzene rings is 1. The first-order valence-corrected chi connectivity index (χ1v) is 4.03. The molecule has 0 aliphatic rings. The highest BCUT2D eigenvalue weighted by atomic mass is 14.9. The normalized spacial score (nSPS) is 10.8. The second-order valence-corrected chi connectivity index (χ2v) is 2.75. The topological polar surface area (TPSA) is 54.7 Å². The lowest BCUT2D eigenvalue weighted by molar-refractivity contribution is 0.974. The van der Waals surface area contributed by atoms with E-state index >= 15 is 0 Å². The number of aromatic nitrogens is 2. The van der Waals surface area contributed by atoms with Crippen LogP contribution in [0.1, 0.15) is 5.56 Å². The van der Waals surface area contributed by atoms with Crippen LogP contribution in [0.15, 0.2) is 24.5 Å². The zero-order valence-electron chi connectivity index (χ0n) is 6.75. The van der Waals surface area contributed by atoms with Crippen molar-refractivity contribution in [3.8, 4) is 0 Å². The summed E-state index contributed by atoms with van der Waals surface area (Å²) in [5.74, 6) is 0. The fourth-order valence-electron chi connectivity index (χ4n) is 1.39. The van der Waals surface area contributed by atoms with Crippen molar-refractivity contribution < 1.29 is 0 Å². The summed E-state index contributed by atoms with van der Waals surface area (Å²) in [6.45, 7) is 0.679. The highest BCUT2D eigenvalue weighted by Gasteiger charge is 2.00. The molecule has 0 amide bonds. The van der Waals surface area contributed by atoms with Gasteiger partial charge < -0.3 is 10.7 Å². The van der Waals surface area contributed by atoms with Crippen molar-refractivity contribution >= 4 is 11.0 Å². The van der Waals surface area contributed by atoms with E-state index in [1.165, 1.54) is 5.56 Å². The fraction of sp³-hybridized carbons (Fsp3) is 0.222. The first kappa shape index (κ1) is 7.31. The van der Waals surface area contributed by atoms with Gasteiger partial charge in [-0.3, -0.25) is 0 Å². The lowest BCUT2D eigenvalue weighted by Crippen LogP contribution is -2.02. The van der Waals surface area contributed by atoms with Crippen LogP contribution < -0.4 is 5.73 Å². The van der Waals surface area contributed by atoms with Crippen LogP contribution in [0.2, 0.25) is 0 Å². The van der Waals surface area contributed by atoms with E-state index in [1.54, 1.807) is 6.33 Å². The number of aromatic amines is 1. The van der Waals surface area contributed by atoms with Gasteiger partial charge in [0.05, 0.1) is 17.4 Å². The Morgan fingerprint density at radius 1 is 1.42 bits per heavy atom. The van der Waals surface area contributed by atoms with E-state index in [9.17, 15) is 0 Å². The first-order valence-electron chi connectivity index (χ1n) is 4.03. The number of hydrogen-bond donors (Lipinski definition) is 2. The van der Waals surface area contributed by atoms with Gasteiger partial charge in [-0.15, -0.1) is 0 Å². The highest BCUT2D eigenvalue weighted by molar-refractivity contribution is 5.78. The Kier molecular flexibility index (Phi) is 1.80. The van der Waals surface area contributed by atoms with Gasteiger partial charge in [0.15, 0.2) is 0 Å². The molecule has 0 aliphatic heterocycles. The number of imidazole rings is 1. The molecule has 0 atom stereocenters. The van der Waals surface area contributed by atoms with E-state index in [0.29, 0.717) is 6.54 Å². The van der Waals surface area contributed by atoms with Gasteiger partial charge in [0.1, 0.15) is 0 Å². The molecular formula is C9H11N3. The lowest BCUT2D eigenvalue weighted by Gasteiger charge is -1.98. The van der Waals surface area contributed by atoms with E-state index < -0.39 is 0 Å². The molecule has 1 heterocycles. The summed E-state index contributed by atoms with van der Waals surface area (Å²) < 4.78 is 0. The minimum absolute atomic E-state index is 0.679. The average molecular weight is 161 g/mol. The fourth-order valence-corrected chi connectivity index (χ4v) is 1.39. The number of fused-ring (bicyclic) bond motifs is 1. The highest BCUT2D eigenvalue weighted by Crippen LogP contribution is 2.14. The van der Waals surface area contributed by atoms with Crippen LogP contribution in [0.5, 0.6) is 0 Å². The van der Waals surface area contributed by atoms with Crippen LogP contribution in [0.25, 0.3) is 11.0 Å². The quantitative estimate of drug-likeness (QED) is 0.692. The molecule has 1 aromatic carbocycles.